The van der Waals surface area contributed by atoms with Gasteiger partial charge in [-0.25, -0.2) is 0 Å². The molecule has 1 unspecified atom stereocenters. The maximum Gasteiger partial charge on any atom is 0.0480 e. The van der Waals surface area contributed by atoms with Crippen molar-refractivity contribution in [2.24, 2.45) is 5.73 Å². The van der Waals surface area contributed by atoms with Crippen LogP contribution in [0.2, 0.25) is 0 Å². The molecule has 2 N–H and O–H groups in total. The van der Waals surface area contributed by atoms with Crippen LogP contribution in [0.15, 0.2) is 17.5 Å². The molecule has 0 aliphatic carbocycles. The van der Waals surface area contributed by atoms with E-state index in [1.165, 1.54) is 4.88 Å². The first-order chi connectivity index (χ1) is 6.83. The summed E-state index contributed by atoms with van der Waals surface area (Å²) in [6.07, 6.45) is 3.02. The van der Waals surface area contributed by atoms with Gasteiger partial charge < -0.3 is 10.5 Å². The molecule has 0 saturated carbocycles. The number of hydrogen-bond acceptors (Lipinski definition) is 3. The van der Waals surface area contributed by atoms with Crippen LogP contribution in [0.1, 0.15) is 24.6 Å². The smallest absolute Gasteiger partial charge is 0.0480 e. The standard InChI is InChI=1S/C11H19NOS/c1-2-6-13-7-5-10(12)9-11-4-3-8-14-11/h3-4,8,10H,2,5-7,9,12H2,1H3. The highest BCUT2D eigenvalue weighted by Crippen LogP contribution is 2.11. The molecule has 0 aromatic carbocycles. The SMILES string of the molecule is CCCOCCC(N)Cc1cccs1. The summed E-state index contributed by atoms with van der Waals surface area (Å²) in [5, 5.41) is 2.09. The number of hydrogen-bond donors (Lipinski definition) is 1. The van der Waals surface area contributed by atoms with E-state index in [0.29, 0.717) is 0 Å². The summed E-state index contributed by atoms with van der Waals surface area (Å²) < 4.78 is 5.40. The van der Waals surface area contributed by atoms with Crippen molar-refractivity contribution in [3.63, 3.8) is 0 Å². The molecular weight excluding hydrogens is 194 g/mol. The molecular formula is C11H19NOS. The molecule has 1 heterocycles. The minimum atomic E-state index is 0.241. The Bertz CT molecular complexity index is 223. The van der Waals surface area contributed by atoms with Crippen LogP contribution in [0.5, 0.6) is 0 Å². The maximum atomic E-state index is 5.97. The summed E-state index contributed by atoms with van der Waals surface area (Å²) in [5.74, 6) is 0. The summed E-state index contributed by atoms with van der Waals surface area (Å²) in [5.41, 5.74) is 5.97. The second-order valence-electron chi connectivity index (χ2n) is 3.44. The molecule has 3 heteroatoms. The van der Waals surface area contributed by atoms with Gasteiger partial charge in [0.2, 0.25) is 0 Å². The van der Waals surface area contributed by atoms with Gasteiger partial charge in [0.05, 0.1) is 0 Å². The lowest BCUT2D eigenvalue weighted by molar-refractivity contribution is 0.128. The third-order valence-electron chi connectivity index (χ3n) is 2.02. The lowest BCUT2D eigenvalue weighted by atomic mass is 10.1. The molecule has 0 spiro atoms. The van der Waals surface area contributed by atoms with Gasteiger partial charge >= 0.3 is 0 Å². The van der Waals surface area contributed by atoms with E-state index in [4.69, 9.17) is 10.5 Å². The van der Waals surface area contributed by atoms with Crippen LogP contribution in [-0.4, -0.2) is 19.3 Å². The zero-order valence-corrected chi connectivity index (χ0v) is 9.56. The summed E-state index contributed by atoms with van der Waals surface area (Å²) in [4.78, 5) is 1.37. The molecule has 14 heavy (non-hydrogen) atoms. The quantitative estimate of drug-likeness (QED) is 0.706. The second-order valence-corrected chi connectivity index (χ2v) is 4.48. The maximum absolute atomic E-state index is 5.97. The van der Waals surface area contributed by atoms with Crippen LogP contribution in [0, 0.1) is 0 Å². The first-order valence-electron chi connectivity index (χ1n) is 5.18. The van der Waals surface area contributed by atoms with Gasteiger partial charge in [-0.2, -0.15) is 0 Å². The molecule has 0 aliphatic heterocycles. The van der Waals surface area contributed by atoms with Crippen molar-refractivity contribution in [2.75, 3.05) is 13.2 Å². The van der Waals surface area contributed by atoms with Crippen molar-refractivity contribution >= 4 is 11.3 Å². The first-order valence-corrected chi connectivity index (χ1v) is 6.06. The van der Waals surface area contributed by atoms with Crippen LogP contribution >= 0.6 is 11.3 Å². The number of nitrogens with two attached hydrogens (primary N) is 1. The van der Waals surface area contributed by atoms with Gasteiger partial charge in [-0.1, -0.05) is 13.0 Å². The van der Waals surface area contributed by atoms with Gasteiger partial charge in [0, 0.05) is 24.1 Å². The summed E-state index contributed by atoms with van der Waals surface area (Å²) >= 11 is 1.77. The van der Waals surface area contributed by atoms with Gasteiger partial charge in [0.15, 0.2) is 0 Å². The summed E-state index contributed by atoms with van der Waals surface area (Å²) in [6, 6.07) is 4.45. The van der Waals surface area contributed by atoms with Gasteiger partial charge in [0.25, 0.3) is 0 Å². The molecule has 0 amide bonds. The molecule has 2 nitrogen and oxygen atoms in total. The van der Waals surface area contributed by atoms with Crippen LogP contribution in [0.25, 0.3) is 0 Å². The number of thiophene rings is 1. The van der Waals surface area contributed by atoms with E-state index in [0.717, 1.165) is 32.5 Å². The Hall–Kier alpha value is -0.380. The van der Waals surface area contributed by atoms with Gasteiger partial charge in [-0.05, 0) is 30.7 Å². The summed E-state index contributed by atoms with van der Waals surface area (Å²) in [6.45, 7) is 3.76. The second kappa shape index (κ2) is 6.98. The molecule has 1 aromatic heterocycles. The largest absolute Gasteiger partial charge is 0.381 e. The Kier molecular flexibility index (Phi) is 5.83. The number of ether oxygens (including phenoxy) is 1. The van der Waals surface area contributed by atoms with Crippen molar-refractivity contribution in [2.45, 2.75) is 32.2 Å². The van der Waals surface area contributed by atoms with E-state index < -0.39 is 0 Å². The zero-order valence-electron chi connectivity index (χ0n) is 8.74. The lowest BCUT2D eigenvalue weighted by Crippen LogP contribution is -2.24. The highest BCUT2D eigenvalue weighted by atomic mass is 32.1. The Morgan fingerprint density at radius 3 is 3.00 bits per heavy atom. The third kappa shape index (κ3) is 4.74. The van der Waals surface area contributed by atoms with Crippen molar-refractivity contribution in [1.29, 1.82) is 0 Å². The fourth-order valence-electron chi connectivity index (χ4n) is 1.27. The fourth-order valence-corrected chi connectivity index (χ4v) is 2.07. The number of rotatable bonds is 7. The Balaban J connectivity index is 2.07. The monoisotopic (exact) mass is 213 g/mol. The Labute approximate surface area is 90.1 Å². The Morgan fingerprint density at radius 1 is 1.50 bits per heavy atom. The molecule has 1 atom stereocenters. The predicted molar refractivity (Wildman–Crippen MR) is 61.7 cm³/mol. The lowest BCUT2D eigenvalue weighted by Gasteiger charge is -2.10. The van der Waals surface area contributed by atoms with Gasteiger partial charge in [0.1, 0.15) is 0 Å². The molecule has 0 saturated heterocycles. The molecule has 0 aliphatic rings. The predicted octanol–water partition coefficient (Wildman–Crippen LogP) is 2.43. The summed E-state index contributed by atoms with van der Waals surface area (Å²) in [7, 11) is 0. The Morgan fingerprint density at radius 2 is 2.36 bits per heavy atom. The van der Waals surface area contributed by atoms with Gasteiger partial charge in [-0.15, -0.1) is 11.3 Å². The molecule has 1 aromatic rings. The topological polar surface area (TPSA) is 35.2 Å². The van der Waals surface area contributed by atoms with Crippen molar-refractivity contribution in [1.82, 2.24) is 0 Å². The van der Waals surface area contributed by atoms with Crippen molar-refractivity contribution in [3.05, 3.63) is 22.4 Å². The van der Waals surface area contributed by atoms with E-state index in [1.807, 2.05) is 0 Å². The van der Waals surface area contributed by atoms with Crippen LogP contribution in [0.4, 0.5) is 0 Å². The normalized spacial score (nSPS) is 13.0. The molecule has 0 radical (unpaired) electrons. The van der Waals surface area contributed by atoms with E-state index >= 15 is 0 Å². The van der Waals surface area contributed by atoms with E-state index in [9.17, 15) is 0 Å². The molecule has 0 fully saturated rings. The fraction of sp³-hybridized carbons (Fsp3) is 0.636. The minimum absolute atomic E-state index is 0.241. The van der Waals surface area contributed by atoms with Gasteiger partial charge in [-0.3, -0.25) is 0 Å². The van der Waals surface area contributed by atoms with E-state index in [-0.39, 0.29) is 6.04 Å². The van der Waals surface area contributed by atoms with Crippen LogP contribution < -0.4 is 5.73 Å². The average molecular weight is 213 g/mol. The molecule has 0 bridgehead atoms. The van der Waals surface area contributed by atoms with E-state index in [1.54, 1.807) is 11.3 Å². The van der Waals surface area contributed by atoms with E-state index in [2.05, 4.69) is 24.4 Å². The average Bonchev–Trinajstić information content (AvgIpc) is 2.65. The minimum Gasteiger partial charge on any atom is -0.381 e. The highest BCUT2D eigenvalue weighted by Gasteiger charge is 2.04. The molecule has 80 valence electrons. The van der Waals surface area contributed by atoms with Crippen LogP contribution in [-0.2, 0) is 11.2 Å². The zero-order chi connectivity index (χ0) is 10.2. The first kappa shape index (κ1) is 11.7. The van der Waals surface area contributed by atoms with Crippen LogP contribution in [0.3, 0.4) is 0 Å². The van der Waals surface area contributed by atoms with Crippen molar-refractivity contribution < 1.29 is 4.74 Å². The highest BCUT2D eigenvalue weighted by molar-refractivity contribution is 7.09. The molecule has 1 rings (SSSR count). The van der Waals surface area contributed by atoms with Crippen molar-refractivity contribution in [3.8, 4) is 0 Å². The third-order valence-corrected chi connectivity index (χ3v) is 2.92.